The first kappa shape index (κ1) is 12.4. The van der Waals surface area contributed by atoms with E-state index in [0.29, 0.717) is 11.8 Å². The third-order valence-electron chi connectivity index (χ3n) is 3.20. The van der Waals surface area contributed by atoms with Crippen molar-refractivity contribution in [1.82, 2.24) is 4.90 Å². The molecule has 1 aliphatic heterocycles. The lowest BCUT2D eigenvalue weighted by Gasteiger charge is -2.31. The van der Waals surface area contributed by atoms with Gasteiger partial charge in [0.1, 0.15) is 0 Å². The van der Waals surface area contributed by atoms with E-state index in [9.17, 15) is 4.79 Å². The molecule has 2 heteroatoms. The maximum atomic E-state index is 12.2. The van der Waals surface area contributed by atoms with E-state index in [1.54, 1.807) is 0 Å². The predicted molar refractivity (Wildman–Crippen MR) is 63.8 cm³/mol. The van der Waals surface area contributed by atoms with Gasteiger partial charge in [0.15, 0.2) is 5.78 Å². The minimum absolute atomic E-state index is 0.109. The fraction of sp³-hybridized carbons (Fsp3) is 0.769. The normalized spacial score (nSPS) is 25.2. The van der Waals surface area contributed by atoms with Crippen LogP contribution in [0.5, 0.6) is 0 Å². The Hall–Kier alpha value is -0.630. The lowest BCUT2D eigenvalue weighted by Crippen LogP contribution is -2.45. The molecule has 0 aromatic rings. The first-order chi connectivity index (χ1) is 6.88. The van der Waals surface area contributed by atoms with Crippen LogP contribution in [0.1, 0.15) is 40.5 Å². The molecule has 0 bridgehead atoms. The zero-order valence-corrected chi connectivity index (χ0v) is 10.4. The number of hydrogen-bond donors (Lipinski definition) is 0. The zero-order valence-electron chi connectivity index (χ0n) is 10.4. The molecule has 2 nitrogen and oxygen atoms in total. The summed E-state index contributed by atoms with van der Waals surface area (Å²) in [5.74, 6) is 0.369. The van der Waals surface area contributed by atoms with Crippen molar-refractivity contribution in [3.05, 3.63) is 12.7 Å². The van der Waals surface area contributed by atoms with Crippen LogP contribution in [0, 0.1) is 5.41 Å². The number of carbonyl (C=O) groups is 1. The molecular formula is C13H23NO. The zero-order chi connectivity index (χ0) is 11.6. The second-order valence-electron chi connectivity index (χ2n) is 5.49. The van der Waals surface area contributed by atoms with E-state index in [1.165, 1.54) is 0 Å². The van der Waals surface area contributed by atoms with E-state index in [-0.39, 0.29) is 11.5 Å². The minimum atomic E-state index is -0.228. The summed E-state index contributed by atoms with van der Waals surface area (Å²) in [7, 11) is 0. The number of carbonyl (C=O) groups excluding carboxylic acids is 1. The Morgan fingerprint density at radius 1 is 1.53 bits per heavy atom. The summed E-state index contributed by atoms with van der Waals surface area (Å²) < 4.78 is 0. The highest BCUT2D eigenvalue weighted by atomic mass is 16.1. The summed E-state index contributed by atoms with van der Waals surface area (Å²) in [6.07, 6.45) is 4.06. The quantitative estimate of drug-likeness (QED) is 0.666. The summed E-state index contributed by atoms with van der Waals surface area (Å²) in [6.45, 7) is 13.0. The van der Waals surface area contributed by atoms with Crippen molar-refractivity contribution in [1.29, 1.82) is 0 Å². The van der Waals surface area contributed by atoms with Gasteiger partial charge in [0.2, 0.25) is 0 Å². The minimum Gasteiger partial charge on any atom is -0.297 e. The van der Waals surface area contributed by atoms with Crippen LogP contribution in [0.15, 0.2) is 12.7 Å². The van der Waals surface area contributed by atoms with Gasteiger partial charge in [-0.2, -0.15) is 0 Å². The van der Waals surface area contributed by atoms with E-state index >= 15 is 0 Å². The van der Waals surface area contributed by atoms with E-state index in [1.807, 2.05) is 26.8 Å². The van der Waals surface area contributed by atoms with Crippen LogP contribution in [0.2, 0.25) is 0 Å². The highest BCUT2D eigenvalue weighted by molar-refractivity contribution is 5.89. The Morgan fingerprint density at radius 3 is 2.60 bits per heavy atom. The summed E-state index contributed by atoms with van der Waals surface area (Å²) in [6, 6.07) is 0.418. The van der Waals surface area contributed by atoms with Crippen molar-refractivity contribution < 1.29 is 4.79 Å². The molecule has 0 aromatic carbocycles. The van der Waals surface area contributed by atoms with Crippen molar-refractivity contribution >= 4 is 5.78 Å². The molecule has 0 N–H and O–H groups in total. The summed E-state index contributed by atoms with van der Waals surface area (Å²) in [4.78, 5) is 14.5. The number of likely N-dealkylation sites (tertiary alicyclic amines) is 1. The molecule has 1 saturated heterocycles. The maximum absolute atomic E-state index is 12.2. The Bertz CT molecular complexity index is 252. The van der Waals surface area contributed by atoms with E-state index < -0.39 is 0 Å². The third kappa shape index (κ3) is 2.69. The van der Waals surface area contributed by atoms with Gasteiger partial charge in [-0.3, -0.25) is 9.69 Å². The highest BCUT2D eigenvalue weighted by Crippen LogP contribution is 2.28. The molecule has 1 heterocycles. The fourth-order valence-electron chi connectivity index (χ4n) is 2.19. The molecule has 1 fully saturated rings. The van der Waals surface area contributed by atoms with Crippen molar-refractivity contribution in [3.8, 4) is 0 Å². The number of hydrogen-bond acceptors (Lipinski definition) is 2. The molecule has 0 aromatic heterocycles. The van der Waals surface area contributed by atoms with Gasteiger partial charge in [-0.15, -0.1) is 6.58 Å². The average molecular weight is 209 g/mol. The smallest absolute Gasteiger partial charge is 0.155 e. The second-order valence-corrected chi connectivity index (χ2v) is 5.49. The number of nitrogens with zero attached hydrogens (tertiary/aromatic N) is 1. The van der Waals surface area contributed by atoms with Gasteiger partial charge >= 0.3 is 0 Å². The van der Waals surface area contributed by atoms with Crippen molar-refractivity contribution in [2.45, 2.75) is 52.6 Å². The molecule has 0 radical (unpaired) electrons. The third-order valence-corrected chi connectivity index (χ3v) is 3.20. The molecule has 1 aliphatic rings. The van der Waals surface area contributed by atoms with Crippen LogP contribution < -0.4 is 0 Å². The van der Waals surface area contributed by atoms with Crippen molar-refractivity contribution in [3.63, 3.8) is 0 Å². The Balaban J connectivity index is 2.77. The van der Waals surface area contributed by atoms with Crippen LogP contribution in [0.4, 0.5) is 0 Å². The molecule has 15 heavy (non-hydrogen) atoms. The number of ketones is 1. The SMILES string of the molecule is C=CC(C)N1CCC[C@@H]1C(=O)C(C)(C)C. The van der Waals surface area contributed by atoms with Crippen molar-refractivity contribution in [2.24, 2.45) is 5.41 Å². The van der Waals surface area contributed by atoms with Gasteiger partial charge < -0.3 is 0 Å². The molecule has 1 unspecified atom stereocenters. The summed E-state index contributed by atoms with van der Waals surface area (Å²) >= 11 is 0. The number of rotatable bonds is 3. The van der Waals surface area contributed by atoms with Gasteiger partial charge in [0.25, 0.3) is 0 Å². The van der Waals surface area contributed by atoms with Crippen LogP contribution in [0.3, 0.4) is 0 Å². The Labute approximate surface area is 93.3 Å². The Kier molecular flexibility index (Phi) is 3.72. The summed E-state index contributed by atoms with van der Waals surface area (Å²) in [5.41, 5.74) is -0.228. The molecule has 0 amide bonds. The van der Waals surface area contributed by atoms with Crippen LogP contribution in [-0.4, -0.2) is 29.3 Å². The first-order valence-corrected chi connectivity index (χ1v) is 5.80. The lowest BCUT2D eigenvalue weighted by atomic mass is 9.85. The monoisotopic (exact) mass is 209 g/mol. The molecule has 2 atom stereocenters. The molecule has 1 rings (SSSR count). The molecule has 0 aliphatic carbocycles. The highest BCUT2D eigenvalue weighted by Gasteiger charge is 2.37. The van der Waals surface area contributed by atoms with Crippen molar-refractivity contribution in [2.75, 3.05) is 6.54 Å². The second kappa shape index (κ2) is 4.48. The van der Waals surface area contributed by atoms with E-state index in [2.05, 4.69) is 18.4 Å². The van der Waals surface area contributed by atoms with Crippen LogP contribution in [0.25, 0.3) is 0 Å². The van der Waals surface area contributed by atoms with Gasteiger partial charge in [-0.05, 0) is 26.3 Å². The molecular weight excluding hydrogens is 186 g/mol. The average Bonchev–Trinajstić information content (AvgIpc) is 2.62. The lowest BCUT2D eigenvalue weighted by molar-refractivity contribution is -0.131. The van der Waals surface area contributed by atoms with Gasteiger partial charge in [-0.1, -0.05) is 26.8 Å². The predicted octanol–water partition coefficient (Wildman–Crippen LogP) is 2.64. The first-order valence-electron chi connectivity index (χ1n) is 5.80. The van der Waals surface area contributed by atoms with Gasteiger partial charge in [0.05, 0.1) is 6.04 Å². The Morgan fingerprint density at radius 2 is 2.13 bits per heavy atom. The van der Waals surface area contributed by atoms with Gasteiger partial charge in [0, 0.05) is 11.5 Å². The topological polar surface area (TPSA) is 20.3 Å². The molecule has 0 saturated carbocycles. The largest absolute Gasteiger partial charge is 0.297 e. The standard InChI is InChI=1S/C13H23NO/c1-6-10(2)14-9-7-8-11(14)12(15)13(3,4)5/h6,10-11H,1,7-9H2,2-5H3/t10?,11-/m1/s1. The van der Waals surface area contributed by atoms with E-state index in [4.69, 9.17) is 0 Å². The maximum Gasteiger partial charge on any atom is 0.155 e. The van der Waals surface area contributed by atoms with Gasteiger partial charge in [-0.25, -0.2) is 0 Å². The van der Waals surface area contributed by atoms with Crippen LogP contribution in [-0.2, 0) is 4.79 Å². The molecule has 0 spiro atoms. The van der Waals surface area contributed by atoms with E-state index in [0.717, 1.165) is 19.4 Å². The summed E-state index contributed by atoms with van der Waals surface area (Å²) in [5, 5.41) is 0. The fourth-order valence-corrected chi connectivity index (χ4v) is 2.19. The van der Waals surface area contributed by atoms with Crippen LogP contribution >= 0.6 is 0 Å². The molecule has 86 valence electrons. The number of Topliss-reactive ketones (excluding diaryl/α,β-unsaturated/α-hetero) is 1.